The second-order valence-corrected chi connectivity index (χ2v) is 5.73. The first-order valence-electron chi connectivity index (χ1n) is 8.41. The fourth-order valence-electron chi connectivity index (χ4n) is 2.57. The summed E-state index contributed by atoms with van der Waals surface area (Å²) >= 11 is 0. The standard InChI is InChI=1S/C18H22N4O3/c1-2-25-18(23)16-7-8-17(21-20-16)19-15-5-3-14(4-6-15)13-22-9-11-24-12-10-22/h3-8H,2,9-13H2,1H3,(H,19,21). The zero-order chi connectivity index (χ0) is 17.5. The van der Waals surface area contributed by atoms with Gasteiger partial charge in [0, 0.05) is 25.3 Å². The van der Waals surface area contributed by atoms with E-state index in [1.165, 1.54) is 5.56 Å². The molecule has 0 unspecified atom stereocenters. The van der Waals surface area contributed by atoms with E-state index in [-0.39, 0.29) is 5.69 Å². The van der Waals surface area contributed by atoms with Crippen LogP contribution in [0.5, 0.6) is 0 Å². The molecule has 1 aromatic carbocycles. The number of carbonyl (C=O) groups excluding carboxylic acids is 1. The van der Waals surface area contributed by atoms with E-state index in [4.69, 9.17) is 9.47 Å². The number of nitrogens with zero attached hydrogens (tertiary/aromatic N) is 3. The summed E-state index contributed by atoms with van der Waals surface area (Å²) < 4.78 is 10.3. The van der Waals surface area contributed by atoms with Crippen LogP contribution in [0, 0.1) is 0 Å². The topological polar surface area (TPSA) is 76.6 Å². The summed E-state index contributed by atoms with van der Waals surface area (Å²) in [5, 5.41) is 11.1. The van der Waals surface area contributed by atoms with Gasteiger partial charge < -0.3 is 14.8 Å². The van der Waals surface area contributed by atoms with Crippen molar-refractivity contribution < 1.29 is 14.3 Å². The Morgan fingerprint density at radius 2 is 1.92 bits per heavy atom. The Labute approximate surface area is 147 Å². The fraction of sp³-hybridized carbons (Fsp3) is 0.389. The minimum atomic E-state index is -0.464. The van der Waals surface area contributed by atoms with Gasteiger partial charge in [-0.05, 0) is 36.8 Å². The Hall–Kier alpha value is -2.51. The first kappa shape index (κ1) is 17.3. The average molecular weight is 342 g/mol. The van der Waals surface area contributed by atoms with Crippen molar-refractivity contribution in [1.82, 2.24) is 15.1 Å². The van der Waals surface area contributed by atoms with E-state index in [1.54, 1.807) is 19.1 Å². The number of carbonyl (C=O) groups is 1. The molecule has 0 radical (unpaired) electrons. The minimum absolute atomic E-state index is 0.202. The number of nitrogens with one attached hydrogen (secondary N) is 1. The average Bonchev–Trinajstić information content (AvgIpc) is 2.65. The van der Waals surface area contributed by atoms with Gasteiger partial charge in [-0.1, -0.05) is 12.1 Å². The summed E-state index contributed by atoms with van der Waals surface area (Å²) in [4.78, 5) is 13.9. The number of esters is 1. The number of hydrogen-bond donors (Lipinski definition) is 1. The Bertz CT molecular complexity index is 682. The Morgan fingerprint density at radius 3 is 2.56 bits per heavy atom. The molecular weight excluding hydrogens is 320 g/mol. The smallest absolute Gasteiger partial charge is 0.358 e. The van der Waals surface area contributed by atoms with Crippen molar-refractivity contribution in [3.63, 3.8) is 0 Å². The van der Waals surface area contributed by atoms with Crippen molar-refractivity contribution in [1.29, 1.82) is 0 Å². The molecule has 132 valence electrons. The molecule has 3 rings (SSSR count). The third kappa shape index (κ3) is 4.98. The van der Waals surface area contributed by atoms with Gasteiger partial charge in [0.15, 0.2) is 11.5 Å². The van der Waals surface area contributed by atoms with E-state index < -0.39 is 5.97 Å². The molecule has 1 fully saturated rings. The van der Waals surface area contributed by atoms with Gasteiger partial charge in [0.2, 0.25) is 0 Å². The van der Waals surface area contributed by atoms with Gasteiger partial charge in [0.25, 0.3) is 0 Å². The summed E-state index contributed by atoms with van der Waals surface area (Å²) in [6, 6.07) is 11.5. The molecule has 25 heavy (non-hydrogen) atoms. The number of hydrogen-bond acceptors (Lipinski definition) is 7. The molecule has 0 bridgehead atoms. The van der Waals surface area contributed by atoms with E-state index in [0.717, 1.165) is 38.5 Å². The normalized spacial score (nSPS) is 14.9. The lowest BCUT2D eigenvalue weighted by molar-refractivity contribution is 0.0342. The van der Waals surface area contributed by atoms with Crippen molar-refractivity contribution >= 4 is 17.5 Å². The van der Waals surface area contributed by atoms with E-state index in [9.17, 15) is 4.79 Å². The van der Waals surface area contributed by atoms with E-state index in [2.05, 4.69) is 32.5 Å². The van der Waals surface area contributed by atoms with Crippen LogP contribution >= 0.6 is 0 Å². The van der Waals surface area contributed by atoms with E-state index in [0.29, 0.717) is 12.4 Å². The number of rotatable bonds is 6. The predicted molar refractivity (Wildman–Crippen MR) is 93.8 cm³/mol. The Balaban J connectivity index is 1.56. The van der Waals surface area contributed by atoms with Crippen LogP contribution in [-0.2, 0) is 16.0 Å². The second-order valence-electron chi connectivity index (χ2n) is 5.73. The van der Waals surface area contributed by atoms with Crippen LogP contribution in [0.2, 0.25) is 0 Å². The summed E-state index contributed by atoms with van der Waals surface area (Å²) in [5.74, 6) is 0.114. The van der Waals surface area contributed by atoms with E-state index >= 15 is 0 Å². The van der Waals surface area contributed by atoms with Crippen LogP contribution in [0.3, 0.4) is 0 Å². The van der Waals surface area contributed by atoms with Crippen LogP contribution in [-0.4, -0.2) is 54.0 Å². The van der Waals surface area contributed by atoms with Crippen molar-refractivity contribution in [3.05, 3.63) is 47.7 Å². The lowest BCUT2D eigenvalue weighted by Gasteiger charge is -2.26. The van der Waals surface area contributed by atoms with Crippen molar-refractivity contribution in [2.45, 2.75) is 13.5 Å². The highest BCUT2D eigenvalue weighted by Crippen LogP contribution is 2.16. The first-order valence-corrected chi connectivity index (χ1v) is 8.41. The van der Waals surface area contributed by atoms with Gasteiger partial charge in [-0.2, -0.15) is 0 Å². The van der Waals surface area contributed by atoms with Gasteiger partial charge in [0.05, 0.1) is 19.8 Å². The van der Waals surface area contributed by atoms with Crippen LogP contribution in [0.15, 0.2) is 36.4 Å². The number of benzene rings is 1. The van der Waals surface area contributed by atoms with E-state index in [1.807, 2.05) is 12.1 Å². The first-order chi connectivity index (χ1) is 12.2. The van der Waals surface area contributed by atoms with Crippen LogP contribution in [0.25, 0.3) is 0 Å². The van der Waals surface area contributed by atoms with Crippen LogP contribution < -0.4 is 5.32 Å². The van der Waals surface area contributed by atoms with Gasteiger partial charge in [-0.25, -0.2) is 4.79 Å². The number of ether oxygens (including phenoxy) is 2. The monoisotopic (exact) mass is 342 g/mol. The molecule has 0 spiro atoms. The molecule has 1 saturated heterocycles. The minimum Gasteiger partial charge on any atom is -0.461 e. The molecule has 7 heteroatoms. The van der Waals surface area contributed by atoms with Crippen molar-refractivity contribution in [3.8, 4) is 0 Å². The molecule has 7 nitrogen and oxygen atoms in total. The second kappa shape index (κ2) is 8.55. The number of anilines is 2. The molecule has 0 aliphatic carbocycles. The third-order valence-corrected chi connectivity index (χ3v) is 3.89. The maximum Gasteiger partial charge on any atom is 0.358 e. The summed E-state index contributed by atoms with van der Waals surface area (Å²) in [7, 11) is 0. The molecule has 2 aromatic rings. The quantitative estimate of drug-likeness (QED) is 0.807. The highest BCUT2D eigenvalue weighted by Gasteiger charge is 2.11. The predicted octanol–water partition coefficient (Wildman–Crippen LogP) is 2.23. The van der Waals surface area contributed by atoms with Gasteiger partial charge >= 0.3 is 5.97 Å². The van der Waals surface area contributed by atoms with Crippen LogP contribution in [0.4, 0.5) is 11.5 Å². The molecule has 0 amide bonds. The zero-order valence-corrected chi connectivity index (χ0v) is 14.3. The van der Waals surface area contributed by atoms with Crippen LogP contribution in [0.1, 0.15) is 23.0 Å². The number of aromatic nitrogens is 2. The Kier molecular flexibility index (Phi) is 5.92. The molecule has 1 N–H and O–H groups in total. The molecule has 1 aromatic heterocycles. The molecular formula is C18H22N4O3. The van der Waals surface area contributed by atoms with Gasteiger partial charge in [-0.15, -0.1) is 10.2 Å². The lowest BCUT2D eigenvalue weighted by atomic mass is 10.2. The fourth-order valence-corrected chi connectivity index (χ4v) is 2.57. The highest BCUT2D eigenvalue weighted by molar-refractivity contribution is 5.87. The Morgan fingerprint density at radius 1 is 1.16 bits per heavy atom. The SMILES string of the molecule is CCOC(=O)c1ccc(Nc2ccc(CN3CCOCC3)cc2)nn1. The molecule has 0 atom stereocenters. The summed E-state index contributed by atoms with van der Waals surface area (Å²) in [6.07, 6.45) is 0. The molecule has 1 aliphatic heterocycles. The zero-order valence-electron chi connectivity index (χ0n) is 14.3. The van der Waals surface area contributed by atoms with Crippen molar-refractivity contribution in [2.24, 2.45) is 0 Å². The maximum atomic E-state index is 11.6. The lowest BCUT2D eigenvalue weighted by Crippen LogP contribution is -2.35. The maximum absolute atomic E-state index is 11.6. The van der Waals surface area contributed by atoms with Gasteiger partial charge in [-0.3, -0.25) is 4.90 Å². The molecule has 2 heterocycles. The van der Waals surface area contributed by atoms with Crippen molar-refractivity contribution in [2.75, 3.05) is 38.2 Å². The number of morpholine rings is 1. The highest BCUT2D eigenvalue weighted by atomic mass is 16.5. The molecule has 1 aliphatic rings. The summed E-state index contributed by atoms with van der Waals surface area (Å²) in [5.41, 5.74) is 2.38. The largest absolute Gasteiger partial charge is 0.461 e. The summed E-state index contributed by atoms with van der Waals surface area (Å²) in [6.45, 7) is 6.56. The van der Waals surface area contributed by atoms with Gasteiger partial charge in [0.1, 0.15) is 0 Å². The molecule has 0 saturated carbocycles. The third-order valence-electron chi connectivity index (χ3n) is 3.89.